The van der Waals surface area contributed by atoms with Crippen LogP contribution in [0.4, 0.5) is 4.39 Å². The zero-order chi connectivity index (χ0) is 14.5. The molecule has 2 aromatic carbocycles. The highest BCUT2D eigenvalue weighted by Gasteiger charge is 2.09. The van der Waals surface area contributed by atoms with Gasteiger partial charge in [-0.05, 0) is 42.0 Å². The molecule has 5 heteroatoms. The standard InChI is InChI=1S/C15H12ClFN2O/c1-10(11-6-8-12(17)9-7-11)18-19-15(20)13-4-2-3-5-14(13)16/h2-9,18H,1H2,(H,19,20). The van der Waals surface area contributed by atoms with Crippen LogP contribution in [0.15, 0.2) is 55.1 Å². The molecular formula is C15H12ClFN2O. The molecule has 0 bridgehead atoms. The van der Waals surface area contributed by atoms with Gasteiger partial charge in [-0.1, -0.05) is 30.3 Å². The minimum Gasteiger partial charge on any atom is -0.298 e. The van der Waals surface area contributed by atoms with E-state index in [1.165, 1.54) is 12.1 Å². The van der Waals surface area contributed by atoms with E-state index in [1.54, 1.807) is 36.4 Å². The fraction of sp³-hybridized carbons (Fsp3) is 0. The Kier molecular flexibility index (Phi) is 4.38. The SMILES string of the molecule is C=C(NNC(=O)c1ccccc1Cl)c1ccc(F)cc1. The predicted octanol–water partition coefficient (Wildman–Crippen LogP) is 3.38. The van der Waals surface area contributed by atoms with Crippen LogP contribution >= 0.6 is 11.6 Å². The van der Waals surface area contributed by atoms with Crippen molar-refractivity contribution in [2.24, 2.45) is 0 Å². The summed E-state index contributed by atoms with van der Waals surface area (Å²) in [6, 6.07) is 12.5. The Hall–Kier alpha value is -2.33. The molecule has 0 aromatic heterocycles. The van der Waals surface area contributed by atoms with Crippen LogP contribution < -0.4 is 10.9 Å². The average Bonchev–Trinajstić information content (AvgIpc) is 2.45. The van der Waals surface area contributed by atoms with Crippen molar-refractivity contribution in [2.75, 3.05) is 0 Å². The van der Waals surface area contributed by atoms with Gasteiger partial charge >= 0.3 is 0 Å². The number of hydrogen-bond acceptors (Lipinski definition) is 2. The van der Waals surface area contributed by atoms with Crippen LogP contribution in [0.5, 0.6) is 0 Å². The molecule has 0 radical (unpaired) electrons. The van der Waals surface area contributed by atoms with Gasteiger partial charge in [-0.2, -0.15) is 0 Å². The van der Waals surface area contributed by atoms with E-state index in [2.05, 4.69) is 17.4 Å². The van der Waals surface area contributed by atoms with Crippen molar-refractivity contribution in [3.05, 3.63) is 77.1 Å². The summed E-state index contributed by atoms with van der Waals surface area (Å²) in [4.78, 5) is 11.9. The predicted molar refractivity (Wildman–Crippen MR) is 77.5 cm³/mol. The minimum atomic E-state index is -0.376. The van der Waals surface area contributed by atoms with E-state index in [0.29, 0.717) is 21.8 Å². The first-order valence-electron chi connectivity index (χ1n) is 5.83. The van der Waals surface area contributed by atoms with Crippen LogP contribution in [-0.4, -0.2) is 5.91 Å². The van der Waals surface area contributed by atoms with Gasteiger partial charge in [0.15, 0.2) is 0 Å². The largest absolute Gasteiger partial charge is 0.298 e. The third-order valence-corrected chi connectivity index (χ3v) is 2.97. The summed E-state index contributed by atoms with van der Waals surface area (Å²) in [6.45, 7) is 3.76. The van der Waals surface area contributed by atoms with Gasteiger partial charge in [0.25, 0.3) is 5.91 Å². The zero-order valence-electron chi connectivity index (χ0n) is 10.5. The van der Waals surface area contributed by atoms with Crippen LogP contribution in [0.1, 0.15) is 15.9 Å². The first kappa shape index (κ1) is 14.1. The number of amides is 1. The van der Waals surface area contributed by atoms with Crippen LogP contribution in [0.2, 0.25) is 5.02 Å². The van der Waals surface area contributed by atoms with Crippen LogP contribution in [0.25, 0.3) is 5.70 Å². The molecule has 0 aliphatic rings. The molecule has 0 atom stereocenters. The maximum Gasteiger partial charge on any atom is 0.271 e. The van der Waals surface area contributed by atoms with Gasteiger partial charge in [0.05, 0.1) is 16.3 Å². The maximum atomic E-state index is 12.8. The van der Waals surface area contributed by atoms with Gasteiger partial charge < -0.3 is 0 Å². The molecule has 3 nitrogen and oxygen atoms in total. The van der Waals surface area contributed by atoms with Crippen LogP contribution in [0.3, 0.4) is 0 Å². The van der Waals surface area contributed by atoms with Gasteiger partial charge in [0.1, 0.15) is 5.82 Å². The molecule has 0 aliphatic carbocycles. The van der Waals surface area contributed by atoms with E-state index >= 15 is 0 Å². The number of halogens is 2. The van der Waals surface area contributed by atoms with Crippen molar-refractivity contribution in [1.82, 2.24) is 10.9 Å². The average molecular weight is 291 g/mol. The van der Waals surface area contributed by atoms with E-state index in [9.17, 15) is 9.18 Å². The summed E-state index contributed by atoms with van der Waals surface area (Å²) >= 11 is 5.92. The summed E-state index contributed by atoms with van der Waals surface area (Å²) in [6.07, 6.45) is 0. The summed E-state index contributed by atoms with van der Waals surface area (Å²) in [5, 5.41) is 0.360. The van der Waals surface area contributed by atoms with Gasteiger partial charge in [0.2, 0.25) is 0 Å². The van der Waals surface area contributed by atoms with Crippen LogP contribution in [0, 0.1) is 5.82 Å². The zero-order valence-corrected chi connectivity index (χ0v) is 11.2. The molecule has 20 heavy (non-hydrogen) atoms. The monoisotopic (exact) mass is 290 g/mol. The first-order chi connectivity index (χ1) is 9.58. The normalized spacial score (nSPS) is 9.90. The van der Waals surface area contributed by atoms with Crippen molar-refractivity contribution < 1.29 is 9.18 Å². The van der Waals surface area contributed by atoms with Gasteiger partial charge in [-0.3, -0.25) is 15.6 Å². The molecule has 0 aliphatic heterocycles. The summed E-state index contributed by atoms with van der Waals surface area (Å²) in [7, 11) is 0. The van der Waals surface area contributed by atoms with Crippen LogP contribution in [-0.2, 0) is 0 Å². The van der Waals surface area contributed by atoms with Gasteiger partial charge in [-0.25, -0.2) is 4.39 Å². The number of hydrazine groups is 1. The molecular weight excluding hydrogens is 279 g/mol. The lowest BCUT2D eigenvalue weighted by Gasteiger charge is -2.11. The molecule has 0 saturated carbocycles. The molecule has 0 spiro atoms. The van der Waals surface area contributed by atoms with Crippen molar-refractivity contribution >= 4 is 23.2 Å². The second-order valence-electron chi connectivity index (χ2n) is 4.04. The lowest BCUT2D eigenvalue weighted by molar-refractivity contribution is 0.0942. The quantitative estimate of drug-likeness (QED) is 0.848. The van der Waals surface area contributed by atoms with E-state index in [1.807, 2.05) is 0 Å². The lowest BCUT2D eigenvalue weighted by atomic mass is 10.2. The number of hydrogen-bond donors (Lipinski definition) is 2. The van der Waals surface area contributed by atoms with Gasteiger partial charge in [-0.15, -0.1) is 0 Å². The Balaban J connectivity index is 1.99. The number of carbonyl (C=O) groups is 1. The molecule has 0 heterocycles. The van der Waals surface area contributed by atoms with Crippen molar-refractivity contribution in [2.45, 2.75) is 0 Å². The Labute approximate surface area is 121 Å². The summed E-state index contributed by atoms with van der Waals surface area (Å²) in [5.41, 5.74) is 6.63. The lowest BCUT2D eigenvalue weighted by Crippen LogP contribution is -2.35. The minimum absolute atomic E-state index is 0.332. The van der Waals surface area contributed by atoms with Crippen molar-refractivity contribution in [3.63, 3.8) is 0 Å². The highest BCUT2D eigenvalue weighted by molar-refractivity contribution is 6.33. The van der Waals surface area contributed by atoms with Crippen molar-refractivity contribution in [1.29, 1.82) is 0 Å². The highest BCUT2D eigenvalue weighted by atomic mass is 35.5. The topological polar surface area (TPSA) is 41.1 Å². The van der Waals surface area contributed by atoms with E-state index in [4.69, 9.17) is 11.6 Å². The van der Waals surface area contributed by atoms with Crippen molar-refractivity contribution in [3.8, 4) is 0 Å². The molecule has 2 rings (SSSR count). The number of rotatable bonds is 4. The third kappa shape index (κ3) is 3.36. The molecule has 102 valence electrons. The Morgan fingerprint density at radius 2 is 1.70 bits per heavy atom. The molecule has 1 amide bonds. The van der Waals surface area contributed by atoms with E-state index < -0.39 is 0 Å². The second kappa shape index (κ2) is 6.21. The fourth-order valence-electron chi connectivity index (χ4n) is 1.57. The Morgan fingerprint density at radius 3 is 2.35 bits per heavy atom. The van der Waals surface area contributed by atoms with Gasteiger partial charge in [0, 0.05) is 0 Å². The van der Waals surface area contributed by atoms with E-state index in [-0.39, 0.29) is 11.7 Å². The second-order valence-corrected chi connectivity index (χ2v) is 4.45. The summed E-state index contributed by atoms with van der Waals surface area (Å²) in [5.74, 6) is -0.708. The molecule has 2 N–H and O–H groups in total. The number of nitrogens with one attached hydrogen (secondary N) is 2. The fourth-order valence-corrected chi connectivity index (χ4v) is 1.79. The molecule has 0 unspecified atom stereocenters. The Morgan fingerprint density at radius 1 is 1.05 bits per heavy atom. The first-order valence-corrected chi connectivity index (χ1v) is 6.21. The molecule has 0 saturated heterocycles. The maximum absolute atomic E-state index is 12.8. The highest BCUT2D eigenvalue weighted by Crippen LogP contribution is 2.14. The summed E-state index contributed by atoms with van der Waals surface area (Å²) < 4.78 is 12.8. The molecule has 0 fully saturated rings. The number of carbonyl (C=O) groups excluding carboxylic acids is 1. The third-order valence-electron chi connectivity index (χ3n) is 2.64. The van der Waals surface area contributed by atoms with E-state index in [0.717, 1.165) is 0 Å². The number of benzene rings is 2. The Bertz CT molecular complexity index is 641. The molecule has 2 aromatic rings. The smallest absolute Gasteiger partial charge is 0.271 e.